The Morgan fingerprint density at radius 3 is 3.15 bits per heavy atom. The largest absolute Gasteiger partial charge is 0.480 e. The first-order valence-electron chi connectivity index (χ1n) is 4.18. The van der Waals surface area contributed by atoms with Crippen molar-refractivity contribution in [3.63, 3.8) is 0 Å². The lowest BCUT2D eigenvalue weighted by Crippen LogP contribution is -2.31. The molecule has 3 N–H and O–H groups in total. The molecule has 1 aliphatic rings. The van der Waals surface area contributed by atoms with Crippen LogP contribution in [0.2, 0.25) is 0 Å². The third kappa shape index (κ3) is 3.14. The van der Waals surface area contributed by atoms with Crippen LogP contribution in [0.15, 0.2) is 12.7 Å². The fourth-order valence-corrected chi connectivity index (χ4v) is 1.24. The van der Waals surface area contributed by atoms with Crippen LogP contribution in [-0.2, 0) is 9.63 Å². The van der Waals surface area contributed by atoms with E-state index < -0.39 is 12.0 Å². The molecule has 5 heteroatoms. The fourth-order valence-electron chi connectivity index (χ4n) is 1.24. The molecular formula is C8H14N2O3. The van der Waals surface area contributed by atoms with Gasteiger partial charge in [0.25, 0.3) is 0 Å². The maximum Gasteiger partial charge on any atom is 0.320 e. The molecule has 0 unspecified atom stereocenters. The van der Waals surface area contributed by atoms with E-state index in [0.717, 1.165) is 0 Å². The minimum absolute atomic E-state index is 0.0704. The highest BCUT2D eigenvalue weighted by molar-refractivity contribution is 5.73. The van der Waals surface area contributed by atoms with E-state index in [-0.39, 0.29) is 6.04 Å². The van der Waals surface area contributed by atoms with Gasteiger partial charge in [-0.2, -0.15) is 5.48 Å². The number of carboxylic acids is 1. The van der Waals surface area contributed by atoms with Crippen molar-refractivity contribution in [2.24, 2.45) is 0 Å². The average molecular weight is 186 g/mol. The first-order valence-corrected chi connectivity index (χ1v) is 4.18. The van der Waals surface area contributed by atoms with Crippen molar-refractivity contribution in [1.29, 1.82) is 0 Å². The van der Waals surface area contributed by atoms with Crippen molar-refractivity contribution in [2.75, 3.05) is 13.2 Å². The SMILES string of the molecule is C=CCON[C@@H]1CN[C@@H](C(=O)O)C1. The molecule has 0 aliphatic carbocycles. The molecule has 2 atom stereocenters. The molecule has 0 amide bonds. The molecule has 0 bridgehead atoms. The van der Waals surface area contributed by atoms with Gasteiger partial charge in [0, 0.05) is 12.6 Å². The first-order chi connectivity index (χ1) is 6.24. The van der Waals surface area contributed by atoms with Gasteiger partial charge in [0.15, 0.2) is 0 Å². The summed E-state index contributed by atoms with van der Waals surface area (Å²) in [5.41, 5.74) is 2.77. The van der Waals surface area contributed by atoms with Crippen LogP contribution >= 0.6 is 0 Å². The van der Waals surface area contributed by atoms with Crippen LogP contribution in [0.25, 0.3) is 0 Å². The van der Waals surface area contributed by atoms with E-state index in [0.29, 0.717) is 19.6 Å². The van der Waals surface area contributed by atoms with Crippen LogP contribution in [0.4, 0.5) is 0 Å². The van der Waals surface area contributed by atoms with Crippen LogP contribution in [0.3, 0.4) is 0 Å². The average Bonchev–Trinajstić information content (AvgIpc) is 2.53. The highest BCUT2D eigenvalue weighted by Crippen LogP contribution is 2.06. The molecule has 1 rings (SSSR count). The minimum atomic E-state index is -0.812. The van der Waals surface area contributed by atoms with Gasteiger partial charge in [0.05, 0.1) is 6.61 Å². The smallest absolute Gasteiger partial charge is 0.320 e. The highest BCUT2D eigenvalue weighted by atomic mass is 16.6. The van der Waals surface area contributed by atoms with E-state index in [1.807, 2.05) is 0 Å². The second-order valence-electron chi connectivity index (χ2n) is 2.95. The lowest BCUT2D eigenvalue weighted by atomic mass is 10.2. The second-order valence-corrected chi connectivity index (χ2v) is 2.95. The number of hydroxylamine groups is 1. The van der Waals surface area contributed by atoms with E-state index in [1.165, 1.54) is 0 Å². The molecule has 1 fully saturated rings. The Balaban J connectivity index is 2.17. The Labute approximate surface area is 76.7 Å². The third-order valence-electron chi connectivity index (χ3n) is 1.88. The zero-order valence-corrected chi connectivity index (χ0v) is 7.32. The lowest BCUT2D eigenvalue weighted by molar-refractivity contribution is -0.139. The third-order valence-corrected chi connectivity index (χ3v) is 1.88. The van der Waals surface area contributed by atoms with Gasteiger partial charge in [-0.1, -0.05) is 6.08 Å². The number of nitrogens with one attached hydrogen (secondary N) is 2. The monoisotopic (exact) mass is 186 g/mol. The summed E-state index contributed by atoms with van der Waals surface area (Å²) in [6.45, 7) is 4.54. The van der Waals surface area contributed by atoms with Crippen LogP contribution in [0.1, 0.15) is 6.42 Å². The summed E-state index contributed by atoms with van der Waals surface area (Å²) >= 11 is 0. The fraction of sp³-hybridized carbons (Fsp3) is 0.625. The summed E-state index contributed by atoms with van der Waals surface area (Å²) in [5, 5.41) is 11.5. The van der Waals surface area contributed by atoms with Crippen LogP contribution in [0.5, 0.6) is 0 Å². The van der Waals surface area contributed by atoms with Crippen molar-refractivity contribution in [3.05, 3.63) is 12.7 Å². The van der Waals surface area contributed by atoms with Gasteiger partial charge in [-0.15, -0.1) is 6.58 Å². The Hall–Kier alpha value is -0.910. The zero-order valence-electron chi connectivity index (χ0n) is 7.32. The maximum absolute atomic E-state index is 10.5. The first kappa shape index (κ1) is 10.2. The van der Waals surface area contributed by atoms with Crippen molar-refractivity contribution in [3.8, 4) is 0 Å². The predicted molar refractivity (Wildman–Crippen MR) is 47.1 cm³/mol. The molecule has 13 heavy (non-hydrogen) atoms. The van der Waals surface area contributed by atoms with E-state index in [1.54, 1.807) is 6.08 Å². The topological polar surface area (TPSA) is 70.6 Å². The zero-order chi connectivity index (χ0) is 9.68. The lowest BCUT2D eigenvalue weighted by Gasteiger charge is -2.09. The molecule has 0 radical (unpaired) electrons. The number of rotatable bonds is 5. The molecule has 74 valence electrons. The summed E-state index contributed by atoms with van der Waals surface area (Å²) in [7, 11) is 0. The van der Waals surface area contributed by atoms with Crippen molar-refractivity contribution in [2.45, 2.75) is 18.5 Å². The molecule has 0 aromatic rings. The van der Waals surface area contributed by atoms with Gasteiger partial charge >= 0.3 is 5.97 Å². The Morgan fingerprint density at radius 2 is 2.62 bits per heavy atom. The standard InChI is InChI=1S/C8H14N2O3/c1-2-3-13-10-6-4-7(8(11)12)9-5-6/h2,6-7,9-10H,1,3-5H2,(H,11,12)/t6-,7+/m0/s1. The van der Waals surface area contributed by atoms with Crippen LogP contribution < -0.4 is 10.8 Å². The number of carbonyl (C=O) groups is 1. The predicted octanol–water partition coefficient (Wildman–Crippen LogP) is -0.491. The summed E-state index contributed by atoms with van der Waals surface area (Å²) in [5.74, 6) is -0.812. The molecule has 1 heterocycles. The van der Waals surface area contributed by atoms with Crippen molar-refractivity contribution >= 4 is 5.97 Å². The summed E-state index contributed by atoms with van der Waals surface area (Å²) in [6.07, 6.45) is 2.18. The Kier molecular flexibility index (Phi) is 3.88. The van der Waals surface area contributed by atoms with Gasteiger partial charge in [0.2, 0.25) is 0 Å². The minimum Gasteiger partial charge on any atom is -0.480 e. The molecule has 0 saturated carbocycles. The molecule has 5 nitrogen and oxygen atoms in total. The summed E-state index contributed by atoms with van der Waals surface area (Å²) < 4.78 is 0. The molecule has 1 aliphatic heterocycles. The maximum atomic E-state index is 10.5. The van der Waals surface area contributed by atoms with Crippen LogP contribution in [0, 0.1) is 0 Å². The van der Waals surface area contributed by atoms with E-state index in [9.17, 15) is 4.79 Å². The molecule has 0 aromatic carbocycles. The molecule has 0 aromatic heterocycles. The Bertz CT molecular complexity index is 196. The van der Waals surface area contributed by atoms with Gasteiger partial charge < -0.3 is 10.4 Å². The van der Waals surface area contributed by atoms with E-state index in [4.69, 9.17) is 9.94 Å². The summed E-state index contributed by atoms with van der Waals surface area (Å²) in [4.78, 5) is 15.5. The van der Waals surface area contributed by atoms with Gasteiger partial charge in [-0.25, -0.2) is 0 Å². The number of aliphatic carboxylic acids is 1. The van der Waals surface area contributed by atoms with Crippen molar-refractivity contribution < 1.29 is 14.7 Å². The van der Waals surface area contributed by atoms with Gasteiger partial charge in [0.1, 0.15) is 6.04 Å². The highest BCUT2D eigenvalue weighted by Gasteiger charge is 2.28. The second kappa shape index (κ2) is 4.96. The molecule has 1 saturated heterocycles. The number of hydrogen-bond acceptors (Lipinski definition) is 4. The normalized spacial score (nSPS) is 27.4. The van der Waals surface area contributed by atoms with E-state index in [2.05, 4.69) is 17.4 Å². The van der Waals surface area contributed by atoms with E-state index >= 15 is 0 Å². The van der Waals surface area contributed by atoms with Gasteiger partial charge in [-0.3, -0.25) is 9.63 Å². The molecular weight excluding hydrogens is 172 g/mol. The molecule has 0 spiro atoms. The van der Waals surface area contributed by atoms with Crippen molar-refractivity contribution in [1.82, 2.24) is 10.8 Å². The number of carboxylic acid groups (broad SMARTS) is 1. The Morgan fingerprint density at radius 1 is 1.85 bits per heavy atom. The summed E-state index contributed by atoms with van der Waals surface area (Å²) in [6, 6.07) is -0.383. The quantitative estimate of drug-likeness (QED) is 0.307. The van der Waals surface area contributed by atoms with Gasteiger partial charge in [-0.05, 0) is 6.42 Å². The number of hydrogen-bond donors (Lipinski definition) is 3. The van der Waals surface area contributed by atoms with Crippen LogP contribution in [-0.4, -0.2) is 36.3 Å².